The number of carbonyl (C=O) groups excluding carboxylic acids is 1. The maximum atomic E-state index is 12.1. The lowest BCUT2D eigenvalue weighted by molar-refractivity contribution is -0.384. The van der Waals surface area contributed by atoms with E-state index in [9.17, 15) is 14.9 Å². The summed E-state index contributed by atoms with van der Waals surface area (Å²) in [6.07, 6.45) is 3.15. The van der Waals surface area contributed by atoms with Crippen LogP contribution >= 0.6 is 11.6 Å². The van der Waals surface area contributed by atoms with Crippen LogP contribution in [0.1, 0.15) is 17.3 Å². The van der Waals surface area contributed by atoms with E-state index < -0.39 is 10.8 Å². The van der Waals surface area contributed by atoms with Crippen molar-refractivity contribution < 1.29 is 9.72 Å². The fourth-order valence-electron chi connectivity index (χ4n) is 1.64. The number of amides is 1. The first-order chi connectivity index (χ1) is 9.52. The van der Waals surface area contributed by atoms with Gasteiger partial charge in [-0.1, -0.05) is 17.7 Å². The Bertz CT molecular complexity index is 668. The third kappa shape index (κ3) is 2.77. The zero-order valence-electron chi connectivity index (χ0n) is 10.5. The van der Waals surface area contributed by atoms with E-state index in [1.54, 1.807) is 10.9 Å². The van der Waals surface area contributed by atoms with Gasteiger partial charge in [0.15, 0.2) is 0 Å². The summed E-state index contributed by atoms with van der Waals surface area (Å²) in [5, 5.41) is 17.2. The number of rotatable bonds is 4. The van der Waals surface area contributed by atoms with Crippen molar-refractivity contribution >= 4 is 28.9 Å². The number of halogens is 1. The Hall–Kier alpha value is -2.41. The number of nitro groups is 1. The minimum Gasteiger partial charge on any atom is -0.319 e. The minimum atomic E-state index is -0.631. The molecule has 0 aliphatic rings. The summed E-state index contributed by atoms with van der Waals surface area (Å²) < 4.78 is 1.64. The molecule has 104 valence electrons. The molecule has 0 atom stereocenters. The van der Waals surface area contributed by atoms with Gasteiger partial charge in [-0.3, -0.25) is 19.6 Å². The fourth-order valence-corrected chi connectivity index (χ4v) is 1.92. The summed E-state index contributed by atoms with van der Waals surface area (Å²) in [6, 6.07) is 4.08. The summed E-state index contributed by atoms with van der Waals surface area (Å²) in [6.45, 7) is 2.59. The second-order valence-corrected chi connectivity index (χ2v) is 4.31. The highest BCUT2D eigenvalue weighted by atomic mass is 35.5. The highest BCUT2D eigenvalue weighted by Gasteiger charge is 2.20. The molecular weight excluding hydrogens is 284 g/mol. The van der Waals surface area contributed by atoms with Crippen molar-refractivity contribution in [3.63, 3.8) is 0 Å². The normalized spacial score (nSPS) is 10.3. The molecule has 1 aromatic heterocycles. The van der Waals surface area contributed by atoms with Crippen LogP contribution < -0.4 is 5.32 Å². The number of hydrogen-bond donors (Lipinski definition) is 1. The zero-order chi connectivity index (χ0) is 14.7. The highest BCUT2D eigenvalue weighted by Crippen LogP contribution is 2.28. The molecule has 0 fully saturated rings. The van der Waals surface area contributed by atoms with Gasteiger partial charge in [0.2, 0.25) is 0 Å². The van der Waals surface area contributed by atoms with Crippen molar-refractivity contribution in [1.82, 2.24) is 9.78 Å². The van der Waals surface area contributed by atoms with Crippen LogP contribution in [0, 0.1) is 10.1 Å². The maximum absolute atomic E-state index is 12.1. The molecule has 0 unspecified atom stereocenters. The molecule has 1 N–H and O–H groups in total. The van der Waals surface area contributed by atoms with E-state index in [4.69, 9.17) is 11.6 Å². The van der Waals surface area contributed by atoms with Crippen LogP contribution in [-0.4, -0.2) is 20.6 Å². The quantitative estimate of drug-likeness (QED) is 0.693. The average Bonchev–Trinajstić information content (AvgIpc) is 2.86. The second-order valence-electron chi connectivity index (χ2n) is 3.93. The van der Waals surface area contributed by atoms with Gasteiger partial charge in [-0.15, -0.1) is 0 Å². The molecule has 0 saturated carbocycles. The van der Waals surface area contributed by atoms with Gasteiger partial charge in [0.1, 0.15) is 5.02 Å². The third-order valence-electron chi connectivity index (χ3n) is 2.63. The zero-order valence-corrected chi connectivity index (χ0v) is 11.3. The van der Waals surface area contributed by atoms with Crippen LogP contribution in [0.4, 0.5) is 11.4 Å². The van der Waals surface area contributed by atoms with Crippen LogP contribution in [0.3, 0.4) is 0 Å². The molecule has 0 spiro atoms. The Kier molecular flexibility index (Phi) is 3.99. The molecular formula is C12H11ClN4O3. The largest absolute Gasteiger partial charge is 0.319 e. The first-order valence-corrected chi connectivity index (χ1v) is 6.17. The van der Waals surface area contributed by atoms with Gasteiger partial charge in [-0.2, -0.15) is 5.10 Å². The lowest BCUT2D eigenvalue weighted by Gasteiger charge is -2.04. The maximum Gasteiger partial charge on any atom is 0.288 e. The van der Waals surface area contributed by atoms with E-state index in [0.29, 0.717) is 12.2 Å². The molecule has 20 heavy (non-hydrogen) atoms. The molecule has 8 heteroatoms. The Morgan fingerprint density at radius 3 is 2.90 bits per heavy atom. The summed E-state index contributed by atoms with van der Waals surface area (Å²) in [5.41, 5.74) is 0.244. The molecule has 1 heterocycles. The Balaban J connectivity index is 2.25. The smallest absolute Gasteiger partial charge is 0.288 e. The van der Waals surface area contributed by atoms with Gasteiger partial charge >= 0.3 is 0 Å². The topological polar surface area (TPSA) is 90.1 Å². The van der Waals surface area contributed by atoms with E-state index in [0.717, 1.165) is 0 Å². The van der Waals surface area contributed by atoms with Crippen molar-refractivity contribution in [2.45, 2.75) is 13.5 Å². The molecule has 0 radical (unpaired) electrons. The number of aromatic nitrogens is 2. The Morgan fingerprint density at radius 1 is 1.55 bits per heavy atom. The first-order valence-electron chi connectivity index (χ1n) is 5.79. The number of aryl methyl sites for hydroxylation is 1. The second kappa shape index (κ2) is 5.70. The van der Waals surface area contributed by atoms with Crippen LogP contribution in [-0.2, 0) is 6.54 Å². The molecule has 7 nitrogen and oxygen atoms in total. The van der Waals surface area contributed by atoms with Crippen molar-refractivity contribution in [3.05, 3.63) is 51.3 Å². The van der Waals surface area contributed by atoms with Gasteiger partial charge in [-0.25, -0.2) is 0 Å². The lowest BCUT2D eigenvalue weighted by atomic mass is 10.2. The number of benzene rings is 1. The summed E-state index contributed by atoms with van der Waals surface area (Å²) in [4.78, 5) is 22.2. The highest BCUT2D eigenvalue weighted by molar-refractivity contribution is 6.36. The van der Waals surface area contributed by atoms with Crippen molar-refractivity contribution in [3.8, 4) is 0 Å². The van der Waals surface area contributed by atoms with Gasteiger partial charge in [0, 0.05) is 18.8 Å². The van der Waals surface area contributed by atoms with Gasteiger partial charge < -0.3 is 5.32 Å². The van der Waals surface area contributed by atoms with Crippen molar-refractivity contribution in [1.29, 1.82) is 0 Å². The van der Waals surface area contributed by atoms with Crippen molar-refractivity contribution in [2.24, 2.45) is 0 Å². The molecule has 0 saturated heterocycles. The number of nitrogens with zero attached hydrogens (tertiary/aromatic N) is 3. The van der Waals surface area contributed by atoms with E-state index in [1.165, 1.54) is 24.4 Å². The molecule has 0 aliphatic heterocycles. The van der Waals surface area contributed by atoms with Crippen LogP contribution in [0.25, 0.3) is 0 Å². The van der Waals surface area contributed by atoms with E-state index in [-0.39, 0.29) is 16.3 Å². The van der Waals surface area contributed by atoms with Crippen LogP contribution in [0.15, 0.2) is 30.6 Å². The number of anilines is 1. The monoisotopic (exact) mass is 294 g/mol. The van der Waals surface area contributed by atoms with Gasteiger partial charge in [-0.05, 0) is 13.0 Å². The molecule has 1 aromatic carbocycles. The van der Waals surface area contributed by atoms with E-state index in [2.05, 4.69) is 10.4 Å². The minimum absolute atomic E-state index is 0.0464. The Labute approximate surface area is 119 Å². The average molecular weight is 295 g/mol. The molecule has 2 rings (SSSR count). The van der Waals surface area contributed by atoms with E-state index in [1.807, 2.05) is 6.92 Å². The predicted molar refractivity (Wildman–Crippen MR) is 74.0 cm³/mol. The van der Waals surface area contributed by atoms with Crippen LogP contribution in [0.5, 0.6) is 0 Å². The third-order valence-corrected chi connectivity index (χ3v) is 3.03. The number of hydrogen-bond acceptors (Lipinski definition) is 4. The fraction of sp³-hybridized carbons (Fsp3) is 0.167. The number of nitrogens with one attached hydrogen (secondary N) is 1. The molecule has 2 aromatic rings. The number of carbonyl (C=O) groups is 1. The van der Waals surface area contributed by atoms with Crippen molar-refractivity contribution in [2.75, 3.05) is 5.32 Å². The molecule has 0 aliphatic carbocycles. The standard InChI is InChI=1S/C12H11ClN4O3/c1-2-16-7-8(6-14-16)15-12(18)9-4-3-5-10(11(9)13)17(19)20/h3-7H,2H2,1H3,(H,15,18). The summed E-state index contributed by atoms with van der Waals surface area (Å²) >= 11 is 5.87. The molecule has 1 amide bonds. The SMILES string of the molecule is CCn1cc(NC(=O)c2cccc([N+](=O)[O-])c2Cl)cn1. The van der Waals surface area contributed by atoms with Gasteiger partial charge in [0.05, 0.1) is 22.4 Å². The molecule has 0 bridgehead atoms. The predicted octanol–water partition coefficient (Wildman–Crippen LogP) is 2.72. The summed E-state index contributed by atoms with van der Waals surface area (Å²) in [7, 11) is 0. The van der Waals surface area contributed by atoms with Gasteiger partial charge in [0.25, 0.3) is 11.6 Å². The lowest BCUT2D eigenvalue weighted by Crippen LogP contribution is -2.12. The Morgan fingerprint density at radius 2 is 2.30 bits per heavy atom. The van der Waals surface area contributed by atoms with Crippen LogP contribution in [0.2, 0.25) is 5.02 Å². The first kappa shape index (κ1) is 14.0. The summed E-state index contributed by atoms with van der Waals surface area (Å²) in [5.74, 6) is -0.519. The van der Waals surface area contributed by atoms with E-state index >= 15 is 0 Å². The number of nitro benzene ring substituents is 1.